The summed E-state index contributed by atoms with van der Waals surface area (Å²) >= 11 is 0. The van der Waals surface area contributed by atoms with Crippen molar-refractivity contribution in [3.8, 4) is 11.5 Å². The molecule has 1 rings (SSSR count). The van der Waals surface area contributed by atoms with E-state index in [1.54, 1.807) is 18.2 Å². The van der Waals surface area contributed by atoms with Gasteiger partial charge >= 0.3 is 0 Å². The first-order chi connectivity index (χ1) is 8.17. The zero-order chi connectivity index (χ0) is 12.7. The molecule has 0 fully saturated rings. The van der Waals surface area contributed by atoms with Crippen molar-refractivity contribution < 1.29 is 14.3 Å². The van der Waals surface area contributed by atoms with Gasteiger partial charge in [0.1, 0.15) is 11.5 Å². The van der Waals surface area contributed by atoms with E-state index in [1.165, 1.54) is 0 Å². The van der Waals surface area contributed by atoms with E-state index >= 15 is 0 Å². The number of ether oxygens (including phenoxy) is 2. The summed E-state index contributed by atoms with van der Waals surface area (Å²) in [5.41, 5.74) is 0.564. The lowest BCUT2D eigenvalue weighted by Gasteiger charge is -2.12. The van der Waals surface area contributed by atoms with Gasteiger partial charge in [0.05, 0.1) is 18.8 Å². The molecule has 3 nitrogen and oxygen atoms in total. The number of hydrogen-bond acceptors (Lipinski definition) is 3. The summed E-state index contributed by atoms with van der Waals surface area (Å²) in [6.07, 6.45) is 1.76. The molecule has 0 aromatic heterocycles. The van der Waals surface area contributed by atoms with Crippen LogP contribution in [0.5, 0.6) is 11.5 Å². The molecule has 0 heterocycles. The summed E-state index contributed by atoms with van der Waals surface area (Å²) in [7, 11) is 0. The lowest BCUT2D eigenvalue weighted by Crippen LogP contribution is -2.06. The number of benzene rings is 1. The quantitative estimate of drug-likeness (QED) is 0.681. The third-order valence-corrected chi connectivity index (χ3v) is 2.16. The SMILES string of the molecule is CCCOc1ccc(C=O)c(OCC(C)C)c1. The van der Waals surface area contributed by atoms with Crippen LogP contribution in [0.25, 0.3) is 0 Å². The Hall–Kier alpha value is -1.51. The molecule has 0 aliphatic carbocycles. The van der Waals surface area contributed by atoms with Crippen molar-refractivity contribution in [2.24, 2.45) is 5.92 Å². The highest BCUT2D eigenvalue weighted by Gasteiger charge is 2.06. The van der Waals surface area contributed by atoms with Gasteiger partial charge in [-0.15, -0.1) is 0 Å². The molecule has 0 unspecified atom stereocenters. The molecule has 0 N–H and O–H groups in total. The molecule has 0 radical (unpaired) electrons. The van der Waals surface area contributed by atoms with Crippen LogP contribution in [0.1, 0.15) is 37.6 Å². The molecule has 0 saturated carbocycles. The fraction of sp³-hybridized carbons (Fsp3) is 0.500. The minimum Gasteiger partial charge on any atom is -0.493 e. The van der Waals surface area contributed by atoms with Crippen LogP contribution < -0.4 is 9.47 Å². The van der Waals surface area contributed by atoms with Crippen molar-refractivity contribution >= 4 is 6.29 Å². The summed E-state index contributed by atoms with van der Waals surface area (Å²) in [6.45, 7) is 7.45. The van der Waals surface area contributed by atoms with E-state index in [0.29, 0.717) is 30.4 Å². The van der Waals surface area contributed by atoms with E-state index < -0.39 is 0 Å². The third-order valence-electron chi connectivity index (χ3n) is 2.16. The Morgan fingerprint density at radius 2 is 2.06 bits per heavy atom. The molecule has 0 aliphatic heterocycles. The maximum Gasteiger partial charge on any atom is 0.153 e. The summed E-state index contributed by atoms with van der Waals surface area (Å²) in [4.78, 5) is 10.9. The van der Waals surface area contributed by atoms with E-state index in [1.807, 2.05) is 0 Å². The number of aldehydes is 1. The molecular formula is C14H20O3. The Balaban J connectivity index is 2.78. The fourth-order valence-electron chi connectivity index (χ4n) is 1.30. The van der Waals surface area contributed by atoms with Gasteiger partial charge in [0.15, 0.2) is 6.29 Å². The van der Waals surface area contributed by atoms with Crippen LogP contribution in [-0.4, -0.2) is 19.5 Å². The lowest BCUT2D eigenvalue weighted by atomic mass is 10.2. The molecule has 0 amide bonds. The van der Waals surface area contributed by atoms with Crippen LogP contribution in [0.2, 0.25) is 0 Å². The predicted molar refractivity (Wildman–Crippen MR) is 67.9 cm³/mol. The van der Waals surface area contributed by atoms with Gasteiger partial charge in [-0.1, -0.05) is 20.8 Å². The molecule has 0 aliphatic rings. The normalized spacial score (nSPS) is 10.4. The molecule has 94 valence electrons. The van der Waals surface area contributed by atoms with E-state index in [4.69, 9.17) is 9.47 Å². The highest BCUT2D eigenvalue weighted by Crippen LogP contribution is 2.24. The zero-order valence-electron chi connectivity index (χ0n) is 10.7. The summed E-state index contributed by atoms with van der Waals surface area (Å²) in [5.74, 6) is 1.77. The highest BCUT2D eigenvalue weighted by atomic mass is 16.5. The average Bonchev–Trinajstić information content (AvgIpc) is 2.33. The molecule has 0 saturated heterocycles. The Labute approximate surface area is 103 Å². The minimum atomic E-state index is 0.426. The lowest BCUT2D eigenvalue weighted by molar-refractivity contribution is 0.111. The van der Waals surface area contributed by atoms with Crippen LogP contribution in [0.3, 0.4) is 0 Å². The molecule has 1 aromatic rings. The van der Waals surface area contributed by atoms with Crippen molar-refractivity contribution in [3.63, 3.8) is 0 Å². The van der Waals surface area contributed by atoms with Crippen molar-refractivity contribution in [2.45, 2.75) is 27.2 Å². The highest BCUT2D eigenvalue weighted by molar-refractivity contribution is 5.79. The second kappa shape index (κ2) is 6.94. The molecular weight excluding hydrogens is 216 g/mol. The van der Waals surface area contributed by atoms with Gasteiger partial charge in [0, 0.05) is 6.07 Å². The molecule has 0 bridgehead atoms. The van der Waals surface area contributed by atoms with Gasteiger partial charge in [0.25, 0.3) is 0 Å². The number of hydrogen-bond donors (Lipinski definition) is 0. The number of carbonyl (C=O) groups is 1. The van der Waals surface area contributed by atoms with Crippen molar-refractivity contribution in [1.29, 1.82) is 0 Å². The molecule has 0 spiro atoms. The van der Waals surface area contributed by atoms with Gasteiger partial charge in [-0.3, -0.25) is 4.79 Å². The van der Waals surface area contributed by atoms with E-state index in [9.17, 15) is 4.79 Å². The monoisotopic (exact) mass is 236 g/mol. The first-order valence-corrected chi connectivity index (χ1v) is 6.02. The van der Waals surface area contributed by atoms with Gasteiger partial charge in [0.2, 0.25) is 0 Å². The third kappa shape index (κ3) is 4.47. The van der Waals surface area contributed by atoms with Crippen LogP contribution in [0.15, 0.2) is 18.2 Å². The zero-order valence-corrected chi connectivity index (χ0v) is 10.7. The standard InChI is InChI=1S/C14H20O3/c1-4-7-16-13-6-5-12(9-15)14(8-13)17-10-11(2)3/h5-6,8-9,11H,4,7,10H2,1-3H3. The second-order valence-corrected chi connectivity index (χ2v) is 4.37. The summed E-state index contributed by atoms with van der Waals surface area (Å²) in [6, 6.07) is 5.30. The smallest absolute Gasteiger partial charge is 0.153 e. The first kappa shape index (κ1) is 13.6. The van der Waals surface area contributed by atoms with Crippen molar-refractivity contribution in [1.82, 2.24) is 0 Å². The number of carbonyl (C=O) groups excluding carboxylic acids is 1. The second-order valence-electron chi connectivity index (χ2n) is 4.37. The Morgan fingerprint density at radius 3 is 2.65 bits per heavy atom. The number of rotatable bonds is 7. The molecule has 1 aromatic carbocycles. The summed E-state index contributed by atoms with van der Waals surface area (Å²) < 4.78 is 11.1. The van der Waals surface area contributed by atoms with E-state index in [2.05, 4.69) is 20.8 Å². The fourth-order valence-corrected chi connectivity index (χ4v) is 1.30. The van der Waals surface area contributed by atoms with E-state index in [-0.39, 0.29) is 0 Å². The van der Waals surface area contributed by atoms with Crippen molar-refractivity contribution in [3.05, 3.63) is 23.8 Å². The van der Waals surface area contributed by atoms with Gasteiger partial charge in [-0.05, 0) is 24.5 Å². The molecule has 17 heavy (non-hydrogen) atoms. The van der Waals surface area contributed by atoms with Gasteiger partial charge in [-0.2, -0.15) is 0 Å². The first-order valence-electron chi connectivity index (χ1n) is 6.02. The topological polar surface area (TPSA) is 35.5 Å². The van der Waals surface area contributed by atoms with Crippen LogP contribution in [-0.2, 0) is 0 Å². The van der Waals surface area contributed by atoms with Gasteiger partial charge < -0.3 is 9.47 Å². The van der Waals surface area contributed by atoms with E-state index in [0.717, 1.165) is 18.5 Å². The maximum atomic E-state index is 10.9. The van der Waals surface area contributed by atoms with Crippen LogP contribution in [0.4, 0.5) is 0 Å². The van der Waals surface area contributed by atoms with Crippen LogP contribution >= 0.6 is 0 Å². The molecule has 0 atom stereocenters. The Bertz CT molecular complexity index is 358. The molecule has 3 heteroatoms. The predicted octanol–water partition coefficient (Wildman–Crippen LogP) is 3.32. The van der Waals surface area contributed by atoms with Gasteiger partial charge in [-0.25, -0.2) is 0 Å². The minimum absolute atomic E-state index is 0.426. The Morgan fingerprint density at radius 1 is 1.29 bits per heavy atom. The van der Waals surface area contributed by atoms with Crippen molar-refractivity contribution in [2.75, 3.05) is 13.2 Å². The maximum absolute atomic E-state index is 10.9. The summed E-state index contributed by atoms with van der Waals surface area (Å²) in [5, 5.41) is 0. The van der Waals surface area contributed by atoms with Crippen LogP contribution in [0, 0.1) is 5.92 Å². The Kier molecular flexibility index (Phi) is 5.53. The average molecular weight is 236 g/mol. The largest absolute Gasteiger partial charge is 0.493 e.